The molecule has 1 aromatic heterocycles. The van der Waals surface area contributed by atoms with E-state index in [-0.39, 0.29) is 0 Å². The van der Waals surface area contributed by atoms with Gasteiger partial charge in [0.1, 0.15) is 5.69 Å². The van der Waals surface area contributed by atoms with E-state index >= 15 is 0 Å². The highest BCUT2D eigenvalue weighted by atomic mass is 35.5. The van der Waals surface area contributed by atoms with Gasteiger partial charge in [0, 0.05) is 10.6 Å². The van der Waals surface area contributed by atoms with Crippen molar-refractivity contribution in [1.82, 2.24) is 4.98 Å². The first kappa shape index (κ1) is 13.1. The Morgan fingerprint density at radius 1 is 1.20 bits per heavy atom. The highest BCUT2D eigenvalue weighted by molar-refractivity contribution is 6.30. The van der Waals surface area contributed by atoms with Gasteiger partial charge in [0.2, 0.25) is 0 Å². The van der Waals surface area contributed by atoms with Crippen LogP contribution < -0.4 is 0 Å². The fourth-order valence-corrected chi connectivity index (χ4v) is 2.38. The lowest BCUT2D eigenvalue weighted by Gasteiger charge is -2.10. The second-order valence-electron chi connectivity index (χ2n) is 4.91. The lowest BCUT2D eigenvalue weighted by Crippen LogP contribution is -2.06. The maximum Gasteiger partial charge on any atom is 0.356 e. The summed E-state index contributed by atoms with van der Waals surface area (Å²) in [7, 11) is 1.36. The second kappa shape index (κ2) is 5.25. The Kier molecular flexibility index (Phi) is 3.45. The summed E-state index contributed by atoms with van der Waals surface area (Å²) in [4.78, 5) is 16.1. The standard InChI is InChI=1S/C16H14ClNO2/c1-20-16(19)14-9-8-13(10-2-3-10)15(18-14)11-4-6-12(17)7-5-11/h4-10H,2-3H2,1H3. The minimum atomic E-state index is -0.414. The van der Waals surface area contributed by atoms with Gasteiger partial charge in [-0.1, -0.05) is 29.8 Å². The molecule has 0 unspecified atom stereocenters. The van der Waals surface area contributed by atoms with Crippen LogP contribution in [0.2, 0.25) is 5.02 Å². The van der Waals surface area contributed by atoms with Crippen LogP contribution in [0.4, 0.5) is 0 Å². The predicted octanol–water partition coefficient (Wildman–Crippen LogP) is 4.07. The van der Waals surface area contributed by atoms with E-state index in [9.17, 15) is 4.79 Å². The molecule has 1 fully saturated rings. The third kappa shape index (κ3) is 2.54. The number of carbonyl (C=O) groups excluding carboxylic acids is 1. The summed E-state index contributed by atoms with van der Waals surface area (Å²) in [5.74, 6) is 0.141. The van der Waals surface area contributed by atoms with Crippen molar-refractivity contribution < 1.29 is 9.53 Å². The highest BCUT2D eigenvalue weighted by Crippen LogP contribution is 2.43. The van der Waals surface area contributed by atoms with Crippen molar-refractivity contribution in [2.75, 3.05) is 7.11 Å². The van der Waals surface area contributed by atoms with Crippen LogP contribution in [0.3, 0.4) is 0 Å². The molecule has 1 aliphatic rings. The van der Waals surface area contributed by atoms with Crippen molar-refractivity contribution in [2.24, 2.45) is 0 Å². The smallest absolute Gasteiger partial charge is 0.356 e. The minimum Gasteiger partial charge on any atom is -0.464 e. The molecule has 4 heteroatoms. The fourth-order valence-electron chi connectivity index (χ4n) is 2.25. The Hall–Kier alpha value is -1.87. The summed E-state index contributed by atoms with van der Waals surface area (Å²) in [6.07, 6.45) is 2.36. The number of ether oxygens (including phenoxy) is 1. The van der Waals surface area contributed by atoms with Gasteiger partial charge in [0.15, 0.2) is 0 Å². The molecule has 3 nitrogen and oxygen atoms in total. The molecule has 0 saturated heterocycles. The van der Waals surface area contributed by atoms with E-state index < -0.39 is 5.97 Å². The van der Waals surface area contributed by atoms with Crippen LogP contribution in [-0.2, 0) is 4.74 Å². The average molecular weight is 288 g/mol. The van der Waals surface area contributed by atoms with Gasteiger partial charge in [0.05, 0.1) is 12.8 Å². The van der Waals surface area contributed by atoms with Crippen molar-refractivity contribution in [2.45, 2.75) is 18.8 Å². The van der Waals surface area contributed by atoms with Crippen LogP contribution in [0.5, 0.6) is 0 Å². The molecule has 102 valence electrons. The molecule has 0 amide bonds. The van der Waals surface area contributed by atoms with E-state index in [1.54, 1.807) is 6.07 Å². The van der Waals surface area contributed by atoms with E-state index in [1.165, 1.54) is 25.5 Å². The van der Waals surface area contributed by atoms with Gasteiger partial charge in [-0.15, -0.1) is 0 Å². The maximum atomic E-state index is 11.6. The third-order valence-electron chi connectivity index (χ3n) is 3.46. The van der Waals surface area contributed by atoms with Crippen LogP contribution in [0.1, 0.15) is 34.8 Å². The van der Waals surface area contributed by atoms with Crippen LogP contribution in [0.25, 0.3) is 11.3 Å². The van der Waals surface area contributed by atoms with Gasteiger partial charge in [-0.2, -0.15) is 0 Å². The molecule has 20 heavy (non-hydrogen) atoms. The lowest BCUT2D eigenvalue weighted by atomic mass is 10.0. The van der Waals surface area contributed by atoms with Crippen molar-refractivity contribution in [3.8, 4) is 11.3 Å². The van der Waals surface area contributed by atoms with Crippen molar-refractivity contribution in [3.63, 3.8) is 0 Å². The van der Waals surface area contributed by atoms with Crippen molar-refractivity contribution >= 4 is 17.6 Å². The number of carbonyl (C=O) groups is 1. The van der Waals surface area contributed by atoms with Gasteiger partial charge in [-0.25, -0.2) is 9.78 Å². The molecule has 0 N–H and O–H groups in total. The lowest BCUT2D eigenvalue weighted by molar-refractivity contribution is 0.0594. The summed E-state index contributed by atoms with van der Waals surface area (Å²) in [5.41, 5.74) is 3.36. The topological polar surface area (TPSA) is 39.2 Å². The number of benzene rings is 1. The zero-order valence-corrected chi connectivity index (χ0v) is 11.9. The number of esters is 1. The maximum absolute atomic E-state index is 11.6. The van der Waals surface area contributed by atoms with Crippen molar-refractivity contribution in [3.05, 3.63) is 52.7 Å². The number of methoxy groups -OCH3 is 1. The first-order valence-electron chi connectivity index (χ1n) is 6.54. The number of aromatic nitrogens is 1. The van der Waals surface area contributed by atoms with Gasteiger partial charge < -0.3 is 4.74 Å². The fraction of sp³-hybridized carbons (Fsp3) is 0.250. The molecule has 1 aliphatic carbocycles. The molecule has 1 aromatic carbocycles. The second-order valence-corrected chi connectivity index (χ2v) is 5.34. The van der Waals surface area contributed by atoms with Gasteiger partial charge >= 0.3 is 5.97 Å². The number of rotatable bonds is 3. The molecular formula is C16H14ClNO2. The van der Waals surface area contributed by atoms with Gasteiger partial charge in [-0.05, 0) is 42.5 Å². The molecule has 2 aromatic rings. The van der Waals surface area contributed by atoms with Gasteiger partial charge in [-0.3, -0.25) is 0 Å². The number of halogens is 1. The molecule has 0 bridgehead atoms. The summed E-state index contributed by atoms with van der Waals surface area (Å²) < 4.78 is 4.74. The molecule has 1 saturated carbocycles. The summed E-state index contributed by atoms with van der Waals surface area (Å²) >= 11 is 5.92. The highest BCUT2D eigenvalue weighted by Gasteiger charge is 2.28. The summed E-state index contributed by atoms with van der Waals surface area (Å²) in [6, 6.07) is 11.2. The molecule has 0 atom stereocenters. The Morgan fingerprint density at radius 2 is 1.90 bits per heavy atom. The Balaban J connectivity index is 2.09. The van der Waals surface area contributed by atoms with Crippen LogP contribution in [-0.4, -0.2) is 18.1 Å². The molecule has 3 rings (SSSR count). The Morgan fingerprint density at radius 3 is 2.50 bits per heavy atom. The van der Waals surface area contributed by atoms with Crippen LogP contribution >= 0.6 is 11.6 Å². The predicted molar refractivity (Wildman–Crippen MR) is 78.0 cm³/mol. The van der Waals surface area contributed by atoms with E-state index in [4.69, 9.17) is 16.3 Å². The summed E-state index contributed by atoms with van der Waals surface area (Å²) in [5, 5.41) is 0.686. The Bertz CT molecular complexity index is 648. The number of hydrogen-bond acceptors (Lipinski definition) is 3. The van der Waals surface area contributed by atoms with Crippen molar-refractivity contribution in [1.29, 1.82) is 0 Å². The van der Waals surface area contributed by atoms with E-state index in [0.29, 0.717) is 16.6 Å². The first-order valence-corrected chi connectivity index (χ1v) is 6.92. The molecular weight excluding hydrogens is 274 g/mol. The summed E-state index contributed by atoms with van der Waals surface area (Å²) in [6.45, 7) is 0. The molecule has 0 aliphatic heterocycles. The molecule has 0 radical (unpaired) electrons. The minimum absolute atomic E-state index is 0.335. The molecule has 0 spiro atoms. The van der Waals surface area contributed by atoms with E-state index in [1.807, 2.05) is 30.3 Å². The van der Waals surface area contributed by atoms with Gasteiger partial charge in [0.25, 0.3) is 0 Å². The monoisotopic (exact) mass is 287 g/mol. The number of pyridine rings is 1. The Labute approximate surface area is 122 Å². The SMILES string of the molecule is COC(=O)c1ccc(C2CC2)c(-c2ccc(Cl)cc2)n1. The number of hydrogen-bond donors (Lipinski definition) is 0. The van der Waals surface area contributed by atoms with E-state index in [2.05, 4.69) is 4.98 Å². The molecule has 1 heterocycles. The first-order chi connectivity index (χ1) is 9.69. The zero-order chi connectivity index (χ0) is 14.1. The zero-order valence-electron chi connectivity index (χ0n) is 11.1. The largest absolute Gasteiger partial charge is 0.464 e. The number of nitrogens with zero attached hydrogens (tertiary/aromatic N) is 1. The van der Waals surface area contributed by atoms with E-state index in [0.717, 1.165) is 11.3 Å². The normalized spacial score (nSPS) is 14.1. The quantitative estimate of drug-likeness (QED) is 0.799. The average Bonchev–Trinajstić information content (AvgIpc) is 3.31. The third-order valence-corrected chi connectivity index (χ3v) is 3.71. The van der Waals surface area contributed by atoms with Crippen LogP contribution in [0, 0.1) is 0 Å². The van der Waals surface area contributed by atoms with Crippen LogP contribution in [0.15, 0.2) is 36.4 Å².